The van der Waals surface area contributed by atoms with Crippen LogP contribution in [0.3, 0.4) is 0 Å². The average Bonchev–Trinajstić information content (AvgIpc) is 2.58. The van der Waals surface area contributed by atoms with Gasteiger partial charge in [0.05, 0.1) is 6.54 Å². The first-order chi connectivity index (χ1) is 8.54. The average molecular weight is 274 g/mol. The Bertz CT molecular complexity index is 636. The summed E-state index contributed by atoms with van der Waals surface area (Å²) in [6, 6.07) is 3.90. The lowest BCUT2D eigenvalue weighted by Gasteiger charge is -2.01. The van der Waals surface area contributed by atoms with E-state index in [1.54, 1.807) is 6.92 Å². The van der Waals surface area contributed by atoms with E-state index in [1.165, 1.54) is 12.1 Å². The number of halogens is 3. The highest BCUT2D eigenvalue weighted by molar-refractivity contribution is 6.30. The summed E-state index contributed by atoms with van der Waals surface area (Å²) >= 11 is 5.63. The Kier molecular flexibility index (Phi) is 3.47. The maximum absolute atomic E-state index is 13.7. The fraction of sp³-hybridized carbons (Fsp3) is 0.273. The highest BCUT2D eigenvalue weighted by Gasteiger charge is 2.14. The molecular formula is C11H10ClF2N3O. The molecule has 4 nitrogen and oxygen atoms in total. The van der Waals surface area contributed by atoms with E-state index in [1.807, 2.05) is 0 Å². The molecule has 18 heavy (non-hydrogen) atoms. The summed E-state index contributed by atoms with van der Waals surface area (Å²) in [6.45, 7) is 0.775. The summed E-state index contributed by atoms with van der Waals surface area (Å²) < 4.78 is 28.0. The summed E-state index contributed by atoms with van der Waals surface area (Å²) in [7, 11) is 0. The molecule has 2 aromatic rings. The number of hydrogen-bond acceptors (Lipinski definition) is 2. The number of nitrogens with zero attached hydrogens (tertiary/aromatic N) is 3. The molecule has 1 aromatic heterocycles. The van der Waals surface area contributed by atoms with Crippen molar-refractivity contribution in [3.8, 4) is 5.69 Å². The minimum absolute atomic E-state index is 0.00916. The molecule has 0 aliphatic heterocycles. The fourth-order valence-electron chi connectivity index (χ4n) is 1.65. The summed E-state index contributed by atoms with van der Waals surface area (Å²) in [4.78, 5) is 11.9. The Morgan fingerprint density at radius 3 is 2.78 bits per heavy atom. The Morgan fingerprint density at radius 1 is 1.44 bits per heavy atom. The number of benzene rings is 1. The van der Waals surface area contributed by atoms with Crippen molar-refractivity contribution in [2.45, 2.75) is 13.5 Å². The quantitative estimate of drug-likeness (QED) is 0.859. The van der Waals surface area contributed by atoms with E-state index in [0.717, 1.165) is 15.3 Å². The third kappa shape index (κ3) is 2.15. The van der Waals surface area contributed by atoms with Crippen LogP contribution >= 0.6 is 11.6 Å². The molecule has 96 valence electrons. The molecule has 0 radical (unpaired) electrons. The lowest BCUT2D eigenvalue weighted by Crippen LogP contribution is -2.25. The number of aromatic nitrogens is 3. The van der Waals surface area contributed by atoms with E-state index in [-0.39, 0.29) is 17.3 Å². The Hall–Kier alpha value is -1.69. The minimum Gasteiger partial charge on any atom is -0.276 e. The van der Waals surface area contributed by atoms with Crippen molar-refractivity contribution in [1.82, 2.24) is 14.3 Å². The smallest absolute Gasteiger partial charge is 0.276 e. The molecule has 7 heteroatoms. The van der Waals surface area contributed by atoms with Gasteiger partial charge in [-0.1, -0.05) is 11.6 Å². The lowest BCUT2D eigenvalue weighted by atomic mass is 10.3. The van der Waals surface area contributed by atoms with Crippen molar-refractivity contribution < 1.29 is 8.78 Å². The van der Waals surface area contributed by atoms with Gasteiger partial charge in [-0.25, -0.2) is 13.6 Å². The fourth-order valence-corrected chi connectivity index (χ4v) is 1.80. The molecule has 0 fully saturated rings. The first kappa shape index (κ1) is 12.8. The highest BCUT2D eigenvalue weighted by atomic mass is 35.5. The Labute approximate surface area is 106 Å². The zero-order valence-corrected chi connectivity index (χ0v) is 10.3. The van der Waals surface area contributed by atoms with Crippen LogP contribution in [0.1, 0.15) is 5.82 Å². The third-order valence-corrected chi connectivity index (χ3v) is 2.73. The van der Waals surface area contributed by atoms with E-state index < -0.39 is 18.2 Å². The van der Waals surface area contributed by atoms with Crippen molar-refractivity contribution in [2.24, 2.45) is 0 Å². The standard InChI is InChI=1S/C11H10ClF2N3O/c1-7-15-17(11(18)16(7)5-4-13)10-3-2-8(12)6-9(10)14/h2-3,6H,4-5H2,1H3. The molecule has 0 amide bonds. The Balaban J connectivity index is 2.58. The topological polar surface area (TPSA) is 39.8 Å². The van der Waals surface area contributed by atoms with Crippen LogP contribution in [0.5, 0.6) is 0 Å². The van der Waals surface area contributed by atoms with Gasteiger partial charge in [-0.2, -0.15) is 9.78 Å². The second-order valence-electron chi connectivity index (χ2n) is 3.68. The molecule has 0 aliphatic rings. The predicted molar refractivity (Wildman–Crippen MR) is 63.5 cm³/mol. The van der Waals surface area contributed by atoms with Gasteiger partial charge < -0.3 is 0 Å². The van der Waals surface area contributed by atoms with Crippen LogP contribution in [0.25, 0.3) is 5.69 Å². The molecular weight excluding hydrogens is 264 g/mol. The number of hydrogen-bond donors (Lipinski definition) is 0. The lowest BCUT2D eigenvalue weighted by molar-refractivity contribution is 0.436. The maximum atomic E-state index is 13.7. The Morgan fingerprint density at radius 2 is 2.17 bits per heavy atom. The molecule has 0 aliphatic carbocycles. The molecule has 1 heterocycles. The third-order valence-electron chi connectivity index (χ3n) is 2.49. The van der Waals surface area contributed by atoms with Crippen LogP contribution in [0.15, 0.2) is 23.0 Å². The van der Waals surface area contributed by atoms with Gasteiger partial charge in [-0.05, 0) is 25.1 Å². The molecule has 0 saturated heterocycles. The maximum Gasteiger partial charge on any atom is 0.350 e. The summed E-state index contributed by atoms with van der Waals surface area (Å²) in [5.41, 5.74) is -0.587. The van der Waals surface area contributed by atoms with E-state index in [2.05, 4.69) is 5.10 Å². The molecule has 1 aromatic carbocycles. The van der Waals surface area contributed by atoms with Crippen molar-refractivity contribution in [3.63, 3.8) is 0 Å². The predicted octanol–water partition coefficient (Wildman–Crippen LogP) is 2.10. The summed E-state index contributed by atoms with van der Waals surface area (Å²) in [5, 5.41) is 4.13. The molecule has 0 spiro atoms. The molecule has 0 saturated carbocycles. The van der Waals surface area contributed by atoms with Gasteiger partial charge in [0.1, 0.15) is 18.2 Å². The first-order valence-corrected chi connectivity index (χ1v) is 5.60. The number of alkyl halides is 1. The van der Waals surface area contributed by atoms with Crippen molar-refractivity contribution in [1.29, 1.82) is 0 Å². The molecule has 0 N–H and O–H groups in total. The van der Waals surface area contributed by atoms with Gasteiger partial charge in [-0.3, -0.25) is 4.57 Å². The van der Waals surface area contributed by atoms with Crippen molar-refractivity contribution in [2.75, 3.05) is 6.67 Å². The van der Waals surface area contributed by atoms with Crippen LogP contribution in [0, 0.1) is 12.7 Å². The van der Waals surface area contributed by atoms with E-state index in [4.69, 9.17) is 11.6 Å². The van der Waals surface area contributed by atoms with Crippen LogP contribution < -0.4 is 5.69 Å². The molecule has 0 bridgehead atoms. The van der Waals surface area contributed by atoms with Gasteiger partial charge in [0.2, 0.25) is 0 Å². The van der Waals surface area contributed by atoms with Gasteiger partial charge in [0.15, 0.2) is 5.82 Å². The largest absolute Gasteiger partial charge is 0.350 e. The van der Waals surface area contributed by atoms with Gasteiger partial charge >= 0.3 is 5.69 Å². The molecule has 0 atom stereocenters. The van der Waals surface area contributed by atoms with Gasteiger partial charge in [0, 0.05) is 5.02 Å². The molecule has 0 unspecified atom stereocenters. The number of aryl methyl sites for hydroxylation is 1. The second-order valence-corrected chi connectivity index (χ2v) is 4.11. The van der Waals surface area contributed by atoms with Gasteiger partial charge in [0.25, 0.3) is 0 Å². The first-order valence-electron chi connectivity index (χ1n) is 5.22. The van der Waals surface area contributed by atoms with E-state index in [9.17, 15) is 13.6 Å². The molecule has 2 rings (SSSR count). The van der Waals surface area contributed by atoms with Crippen LogP contribution in [0.2, 0.25) is 5.02 Å². The highest BCUT2D eigenvalue weighted by Crippen LogP contribution is 2.16. The SMILES string of the molecule is Cc1nn(-c2ccc(Cl)cc2F)c(=O)n1CCF. The van der Waals surface area contributed by atoms with Crippen LogP contribution in [0.4, 0.5) is 8.78 Å². The van der Waals surface area contributed by atoms with Gasteiger partial charge in [-0.15, -0.1) is 0 Å². The zero-order valence-electron chi connectivity index (χ0n) is 9.53. The van der Waals surface area contributed by atoms with Crippen molar-refractivity contribution in [3.05, 3.63) is 45.3 Å². The normalized spacial score (nSPS) is 10.9. The number of rotatable bonds is 3. The van der Waals surface area contributed by atoms with Crippen LogP contribution in [-0.4, -0.2) is 21.0 Å². The zero-order chi connectivity index (χ0) is 13.3. The monoisotopic (exact) mass is 273 g/mol. The summed E-state index contributed by atoms with van der Waals surface area (Å²) in [6.07, 6.45) is 0. The van der Waals surface area contributed by atoms with Crippen LogP contribution in [-0.2, 0) is 6.54 Å². The minimum atomic E-state index is -0.685. The van der Waals surface area contributed by atoms with E-state index >= 15 is 0 Å². The summed E-state index contributed by atoms with van der Waals surface area (Å²) in [5.74, 6) is -0.332. The van der Waals surface area contributed by atoms with Crippen molar-refractivity contribution >= 4 is 11.6 Å². The second kappa shape index (κ2) is 4.89. The van der Waals surface area contributed by atoms with E-state index in [0.29, 0.717) is 5.82 Å².